The SMILES string of the molecule is C1=Cc2nc3ccccc3nc2Nc2ccccc21. The van der Waals surface area contributed by atoms with Crippen LogP contribution in [0, 0.1) is 0 Å². The van der Waals surface area contributed by atoms with Crippen LogP contribution in [-0.2, 0) is 0 Å². The summed E-state index contributed by atoms with van der Waals surface area (Å²) in [7, 11) is 0. The number of hydrogen-bond donors (Lipinski definition) is 1. The zero-order chi connectivity index (χ0) is 12.7. The van der Waals surface area contributed by atoms with E-state index in [1.807, 2.05) is 48.5 Å². The summed E-state index contributed by atoms with van der Waals surface area (Å²) in [4.78, 5) is 9.30. The quantitative estimate of drug-likeness (QED) is 0.511. The monoisotopic (exact) mass is 245 g/mol. The first-order chi connectivity index (χ1) is 9.40. The summed E-state index contributed by atoms with van der Waals surface area (Å²) in [6.45, 7) is 0. The first kappa shape index (κ1) is 10.3. The molecule has 0 bridgehead atoms. The van der Waals surface area contributed by atoms with Gasteiger partial charge >= 0.3 is 0 Å². The fourth-order valence-corrected chi connectivity index (χ4v) is 2.27. The zero-order valence-corrected chi connectivity index (χ0v) is 10.2. The Labute approximate surface area is 110 Å². The second-order valence-corrected chi connectivity index (χ2v) is 4.49. The van der Waals surface area contributed by atoms with E-state index in [1.54, 1.807) is 0 Å². The van der Waals surface area contributed by atoms with Gasteiger partial charge in [-0.1, -0.05) is 36.4 Å². The van der Waals surface area contributed by atoms with Crippen LogP contribution in [0.2, 0.25) is 0 Å². The van der Waals surface area contributed by atoms with Gasteiger partial charge < -0.3 is 5.32 Å². The molecule has 1 N–H and O–H groups in total. The van der Waals surface area contributed by atoms with Crippen molar-refractivity contribution in [1.82, 2.24) is 9.97 Å². The third-order valence-corrected chi connectivity index (χ3v) is 3.23. The van der Waals surface area contributed by atoms with Gasteiger partial charge in [-0.15, -0.1) is 0 Å². The largest absolute Gasteiger partial charge is 0.338 e. The van der Waals surface area contributed by atoms with E-state index in [2.05, 4.69) is 27.4 Å². The maximum Gasteiger partial charge on any atom is 0.157 e. The summed E-state index contributed by atoms with van der Waals surface area (Å²) in [5.41, 5.74) is 4.89. The van der Waals surface area contributed by atoms with E-state index in [1.165, 1.54) is 0 Å². The van der Waals surface area contributed by atoms with Gasteiger partial charge in [-0.25, -0.2) is 9.97 Å². The molecule has 4 rings (SSSR count). The van der Waals surface area contributed by atoms with Crippen molar-refractivity contribution in [2.75, 3.05) is 5.32 Å². The topological polar surface area (TPSA) is 37.8 Å². The Hall–Kier alpha value is -2.68. The Morgan fingerprint density at radius 1 is 0.737 bits per heavy atom. The minimum atomic E-state index is 0.805. The van der Waals surface area contributed by atoms with Crippen molar-refractivity contribution in [2.45, 2.75) is 0 Å². The second-order valence-electron chi connectivity index (χ2n) is 4.49. The van der Waals surface area contributed by atoms with Crippen molar-refractivity contribution in [3.05, 3.63) is 59.8 Å². The van der Waals surface area contributed by atoms with E-state index in [-0.39, 0.29) is 0 Å². The smallest absolute Gasteiger partial charge is 0.157 e. The molecule has 90 valence electrons. The summed E-state index contributed by atoms with van der Waals surface area (Å²) in [6, 6.07) is 16.1. The predicted octanol–water partition coefficient (Wildman–Crippen LogP) is 3.86. The molecule has 0 unspecified atom stereocenters. The third-order valence-electron chi connectivity index (χ3n) is 3.23. The number of anilines is 2. The van der Waals surface area contributed by atoms with E-state index in [0.717, 1.165) is 33.8 Å². The molecule has 1 aromatic heterocycles. The lowest BCUT2D eigenvalue weighted by molar-refractivity contribution is 1.26. The Bertz CT molecular complexity index is 806. The van der Waals surface area contributed by atoms with Gasteiger partial charge in [0, 0.05) is 5.69 Å². The number of aromatic nitrogens is 2. The van der Waals surface area contributed by atoms with Crippen molar-refractivity contribution >= 4 is 34.7 Å². The van der Waals surface area contributed by atoms with Gasteiger partial charge in [0.25, 0.3) is 0 Å². The van der Waals surface area contributed by atoms with Gasteiger partial charge in [0.2, 0.25) is 0 Å². The lowest BCUT2D eigenvalue weighted by atomic mass is 10.2. The van der Waals surface area contributed by atoms with Gasteiger partial charge in [-0.2, -0.15) is 0 Å². The first-order valence-electron chi connectivity index (χ1n) is 6.21. The molecule has 0 saturated carbocycles. The Balaban J connectivity index is 1.96. The molecular formula is C16H11N3. The molecule has 0 saturated heterocycles. The van der Waals surface area contributed by atoms with Crippen molar-refractivity contribution in [1.29, 1.82) is 0 Å². The summed E-state index contributed by atoms with van der Waals surface area (Å²) in [5, 5.41) is 3.36. The van der Waals surface area contributed by atoms with Crippen LogP contribution in [-0.4, -0.2) is 9.97 Å². The standard InChI is InChI=1S/C16H11N3/c1-2-6-12-11(5-1)9-10-15-16(18-12)19-14-8-4-3-7-13(14)17-15/h1-10H,(H,18,19). The van der Waals surface area contributed by atoms with Crippen LogP contribution in [0.5, 0.6) is 0 Å². The average molecular weight is 245 g/mol. The minimum Gasteiger partial charge on any atom is -0.338 e. The number of para-hydroxylation sites is 3. The molecular weight excluding hydrogens is 234 g/mol. The lowest BCUT2D eigenvalue weighted by Crippen LogP contribution is -1.99. The summed E-state index contributed by atoms with van der Waals surface area (Å²) in [5.74, 6) is 0.805. The molecule has 3 nitrogen and oxygen atoms in total. The maximum absolute atomic E-state index is 4.65. The van der Waals surface area contributed by atoms with Crippen LogP contribution in [0.1, 0.15) is 11.3 Å². The number of fused-ring (bicyclic) bond motifs is 3. The van der Waals surface area contributed by atoms with Crippen molar-refractivity contribution in [3.63, 3.8) is 0 Å². The van der Waals surface area contributed by atoms with E-state index in [9.17, 15) is 0 Å². The van der Waals surface area contributed by atoms with E-state index in [4.69, 9.17) is 0 Å². The number of hydrogen-bond acceptors (Lipinski definition) is 3. The Morgan fingerprint density at radius 3 is 2.37 bits per heavy atom. The van der Waals surface area contributed by atoms with Crippen molar-refractivity contribution in [3.8, 4) is 0 Å². The molecule has 0 amide bonds. The fourth-order valence-electron chi connectivity index (χ4n) is 2.27. The van der Waals surface area contributed by atoms with Crippen LogP contribution in [0.15, 0.2) is 48.5 Å². The number of nitrogens with zero attached hydrogens (tertiary/aromatic N) is 2. The van der Waals surface area contributed by atoms with E-state index >= 15 is 0 Å². The highest BCUT2D eigenvalue weighted by Crippen LogP contribution is 2.28. The lowest BCUT2D eigenvalue weighted by Gasteiger charge is -2.08. The molecule has 0 atom stereocenters. The van der Waals surface area contributed by atoms with Gasteiger partial charge in [-0.05, 0) is 29.8 Å². The van der Waals surface area contributed by atoms with Gasteiger partial charge in [0.05, 0.1) is 11.0 Å². The highest BCUT2D eigenvalue weighted by molar-refractivity contribution is 5.88. The number of benzene rings is 2. The van der Waals surface area contributed by atoms with Gasteiger partial charge in [0.15, 0.2) is 5.82 Å². The maximum atomic E-state index is 4.65. The average Bonchev–Trinajstić information content (AvgIpc) is 2.63. The van der Waals surface area contributed by atoms with Gasteiger partial charge in [-0.3, -0.25) is 0 Å². The third kappa shape index (κ3) is 1.67. The molecule has 1 aliphatic heterocycles. The zero-order valence-electron chi connectivity index (χ0n) is 10.2. The highest BCUT2D eigenvalue weighted by atomic mass is 15.0. The fraction of sp³-hybridized carbons (Fsp3) is 0. The Morgan fingerprint density at radius 2 is 1.47 bits per heavy atom. The number of nitrogens with one attached hydrogen (secondary N) is 1. The molecule has 0 radical (unpaired) electrons. The van der Waals surface area contributed by atoms with Crippen LogP contribution in [0.4, 0.5) is 11.5 Å². The normalized spacial score (nSPS) is 12.4. The predicted molar refractivity (Wildman–Crippen MR) is 78.2 cm³/mol. The minimum absolute atomic E-state index is 0.805. The van der Waals surface area contributed by atoms with E-state index < -0.39 is 0 Å². The van der Waals surface area contributed by atoms with Crippen molar-refractivity contribution in [2.24, 2.45) is 0 Å². The van der Waals surface area contributed by atoms with Crippen LogP contribution in [0.3, 0.4) is 0 Å². The van der Waals surface area contributed by atoms with Crippen molar-refractivity contribution < 1.29 is 0 Å². The van der Waals surface area contributed by atoms with Gasteiger partial charge in [0.1, 0.15) is 5.69 Å². The first-order valence-corrected chi connectivity index (χ1v) is 6.21. The summed E-state index contributed by atoms with van der Waals surface area (Å²) >= 11 is 0. The molecule has 0 fully saturated rings. The highest BCUT2D eigenvalue weighted by Gasteiger charge is 2.11. The summed E-state index contributed by atoms with van der Waals surface area (Å²) < 4.78 is 0. The summed E-state index contributed by atoms with van der Waals surface area (Å²) in [6.07, 6.45) is 4.07. The molecule has 19 heavy (non-hydrogen) atoms. The molecule has 0 spiro atoms. The van der Waals surface area contributed by atoms with E-state index in [0.29, 0.717) is 0 Å². The Kier molecular flexibility index (Phi) is 2.12. The molecule has 3 heteroatoms. The van der Waals surface area contributed by atoms with Crippen LogP contribution < -0.4 is 5.32 Å². The molecule has 2 aromatic carbocycles. The number of rotatable bonds is 0. The molecule has 0 aliphatic carbocycles. The second kappa shape index (κ2) is 3.92. The molecule has 3 aromatic rings. The molecule has 2 heterocycles. The van der Waals surface area contributed by atoms with Crippen LogP contribution >= 0.6 is 0 Å². The van der Waals surface area contributed by atoms with Crippen LogP contribution in [0.25, 0.3) is 23.2 Å². The molecule has 1 aliphatic rings.